The Balaban J connectivity index is 1.30. The number of para-hydroxylation sites is 1. The van der Waals surface area contributed by atoms with E-state index in [1.165, 1.54) is 9.70 Å². The van der Waals surface area contributed by atoms with Crippen molar-refractivity contribution < 1.29 is 14.3 Å². The minimum Gasteiger partial charge on any atom is -0.491 e. The van der Waals surface area contributed by atoms with Crippen LogP contribution in [0.15, 0.2) is 48.5 Å². The molecule has 0 aliphatic carbocycles. The fourth-order valence-corrected chi connectivity index (χ4v) is 3.08. The average Bonchev–Trinajstić information content (AvgIpc) is 3.25. The van der Waals surface area contributed by atoms with Crippen LogP contribution < -0.4 is 4.74 Å². The molecule has 1 aromatic heterocycles. The summed E-state index contributed by atoms with van der Waals surface area (Å²) in [7, 11) is 0. The van der Waals surface area contributed by atoms with E-state index in [4.69, 9.17) is 4.74 Å². The Morgan fingerprint density at radius 3 is 2.32 bits per heavy atom. The van der Waals surface area contributed by atoms with Gasteiger partial charge >= 0.3 is 0 Å². The number of aryl methyl sites for hydroxylation is 1. The number of hydrogen-bond donors (Lipinski definition) is 0. The lowest BCUT2D eigenvalue weighted by Gasteiger charge is -2.11. The molecule has 0 saturated heterocycles. The third kappa shape index (κ3) is 3.48. The van der Waals surface area contributed by atoms with Gasteiger partial charge in [0.05, 0.1) is 17.7 Å². The first-order valence-electron chi connectivity index (χ1n) is 9.04. The predicted octanol–water partition coefficient (Wildman–Crippen LogP) is 1.90. The summed E-state index contributed by atoms with van der Waals surface area (Å²) >= 11 is 0. The second-order valence-electron chi connectivity index (χ2n) is 6.47. The van der Waals surface area contributed by atoms with Gasteiger partial charge in [-0.2, -0.15) is 4.80 Å². The van der Waals surface area contributed by atoms with Crippen LogP contribution in [0.5, 0.6) is 5.75 Å². The number of carbonyl (C=O) groups is 2. The van der Waals surface area contributed by atoms with Crippen molar-refractivity contribution in [3.05, 3.63) is 71.0 Å². The number of tetrazole rings is 1. The minimum atomic E-state index is -0.278. The molecule has 2 aromatic carbocycles. The van der Waals surface area contributed by atoms with Crippen molar-refractivity contribution in [2.45, 2.75) is 19.9 Å². The van der Waals surface area contributed by atoms with E-state index in [0.717, 1.165) is 11.3 Å². The van der Waals surface area contributed by atoms with E-state index < -0.39 is 0 Å². The zero-order valence-electron chi connectivity index (χ0n) is 15.4. The number of benzene rings is 2. The standard InChI is InChI=1S/C20H19N5O3/c1-14-6-2-5-9-17(14)28-13-12-25-22-18(21-23-25)10-11-24-19(26)15-7-3-4-8-16(15)20(24)27/h2-9H,10-13H2,1H3. The largest absolute Gasteiger partial charge is 0.491 e. The molecule has 1 aliphatic heterocycles. The summed E-state index contributed by atoms with van der Waals surface area (Å²) in [6.07, 6.45) is 0.351. The van der Waals surface area contributed by atoms with Gasteiger partial charge < -0.3 is 4.74 Å². The fourth-order valence-electron chi connectivity index (χ4n) is 3.08. The number of ether oxygens (including phenoxy) is 1. The summed E-state index contributed by atoms with van der Waals surface area (Å²) in [6.45, 7) is 3.07. The summed E-state index contributed by atoms with van der Waals surface area (Å²) in [5.74, 6) is 0.750. The van der Waals surface area contributed by atoms with E-state index in [1.54, 1.807) is 24.3 Å². The summed E-state index contributed by atoms with van der Waals surface area (Å²) in [5.41, 5.74) is 1.95. The Kier molecular flexibility index (Phi) is 4.84. The van der Waals surface area contributed by atoms with Crippen LogP contribution in [0, 0.1) is 6.92 Å². The molecule has 0 unspecified atom stereocenters. The summed E-state index contributed by atoms with van der Waals surface area (Å²) in [6, 6.07) is 14.6. The second-order valence-corrected chi connectivity index (χ2v) is 6.47. The molecule has 8 nitrogen and oxygen atoms in total. The molecular weight excluding hydrogens is 358 g/mol. The zero-order chi connectivity index (χ0) is 19.5. The quantitative estimate of drug-likeness (QED) is 0.584. The van der Waals surface area contributed by atoms with E-state index in [-0.39, 0.29) is 18.4 Å². The highest BCUT2D eigenvalue weighted by atomic mass is 16.5. The van der Waals surface area contributed by atoms with E-state index in [0.29, 0.717) is 36.5 Å². The number of rotatable bonds is 7. The van der Waals surface area contributed by atoms with Crippen molar-refractivity contribution in [2.75, 3.05) is 13.2 Å². The van der Waals surface area contributed by atoms with Gasteiger partial charge in [-0.15, -0.1) is 10.2 Å². The van der Waals surface area contributed by atoms with Crippen LogP contribution in [0.2, 0.25) is 0 Å². The van der Waals surface area contributed by atoms with Gasteiger partial charge in [0.2, 0.25) is 0 Å². The number of amides is 2. The first-order valence-corrected chi connectivity index (χ1v) is 9.04. The van der Waals surface area contributed by atoms with Gasteiger partial charge in [0.25, 0.3) is 11.8 Å². The average molecular weight is 377 g/mol. The van der Waals surface area contributed by atoms with Crippen molar-refractivity contribution in [3.8, 4) is 5.75 Å². The van der Waals surface area contributed by atoms with Crippen LogP contribution in [0.25, 0.3) is 0 Å². The predicted molar refractivity (Wildman–Crippen MR) is 100 cm³/mol. The van der Waals surface area contributed by atoms with Gasteiger partial charge in [0.15, 0.2) is 5.82 Å². The van der Waals surface area contributed by atoms with Crippen molar-refractivity contribution in [1.29, 1.82) is 0 Å². The lowest BCUT2D eigenvalue weighted by molar-refractivity contribution is 0.0655. The van der Waals surface area contributed by atoms with Crippen LogP contribution in [0.1, 0.15) is 32.1 Å². The monoisotopic (exact) mass is 377 g/mol. The van der Waals surface area contributed by atoms with E-state index in [1.807, 2.05) is 31.2 Å². The van der Waals surface area contributed by atoms with Crippen molar-refractivity contribution >= 4 is 11.8 Å². The maximum atomic E-state index is 12.4. The Bertz CT molecular complexity index is 995. The number of nitrogens with zero attached hydrogens (tertiary/aromatic N) is 5. The SMILES string of the molecule is Cc1ccccc1OCCn1nnc(CCN2C(=O)c3ccccc3C2=O)n1. The Hall–Kier alpha value is -3.55. The molecule has 0 saturated carbocycles. The molecule has 2 heterocycles. The Labute approximate surface area is 161 Å². The van der Waals surface area contributed by atoms with E-state index in [2.05, 4.69) is 15.4 Å². The molecular formula is C20H19N5O3. The van der Waals surface area contributed by atoms with Crippen LogP contribution in [-0.4, -0.2) is 50.1 Å². The molecule has 4 rings (SSSR count). The van der Waals surface area contributed by atoms with Gasteiger partial charge in [-0.1, -0.05) is 30.3 Å². The number of hydrogen-bond acceptors (Lipinski definition) is 6. The lowest BCUT2D eigenvalue weighted by Crippen LogP contribution is -2.32. The first-order chi connectivity index (χ1) is 13.6. The normalized spacial score (nSPS) is 13.1. The van der Waals surface area contributed by atoms with Crippen molar-refractivity contribution in [2.24, 2.45) is 0 Å². The molecule has 0 bridgehead atoms. The van der Waals surface area contributed by atoms with Crippen molar-refractivity contribution in [3.63, 3.8) is 0 Å². The smallest absolute Gasteiger partial charge is 0.261 e. The van der Waals surface area contributed by atoms with E-state index in [9.17, 15) is 9.59 Å². The Morgan fingerprint density at radius 1 is 0.929 bits per heavy atom. The van der Waals surface area contributed by atoms with Crippen LogP contribution >= 0.6 is 0 Å². The molecule has 8 heteroatoms. The van der Waals surface area contributed by atoms with Crippen LogP contribution in [-0.2, 0) is 13.0 Å². The number of imide groups is 1. The molecule has 0 fully saturated rings. The molecule has 0 N–H and O–H groups in total. The van der Waals surface area contributed by atoms with Gasteiger partial charge in [-0.05, 0) is 35.9 Å². The zero-order valence-corrected chi connectivity index (χ0v) is 15.4. The third-order valence-corrected chi connectivity index (χ3v) is 4.57. The maximum Gasteiger partial charge on any atom is 0.261 e. The maximum absolute atomic E-state index is 12.4. The van der Waals surface area contributed by atoms with Crippen molar-refractivity contribution in [1.82, 2.24) is 25.1 Å². The minimum absolute atomic E-state index is 0.220. The highest BCUT2D eigenvalue weighted by molar-refractivity contribution is 6.21. The molecule has 0 radical (unpaired) electrons. The topological polar surface area (TPSA) is 90.2 Å². The summed E-state index contributed by atoms with van der Waals surface area (Å²) in [4.78, 5) is 27.4. The van der Waals surface area contributed by atoms with E-state index >= 15 is 0 Å². The van der Waals surface area contributed by atoms with Gasteiger partial charge in [-0.3, -0.25) is 14.5 Å². The number of carbonyl (C=O) groups excluding carboxylic acids is 2. The lowest BCUT2D eigenvalue weighted by atomic mass is 10.1. The van der Waals surface area contributed by atoms with Crippen LogP contribution in [0.3, 0.4) is 0 Å². The molecule has 3 aromatic rings. The van der Waals surface area contributed by atoms with Gasteiger partial charge in [0.1, 0.15) is 12.4 Å². The highest BCUT2D eigenvalue weighted by Crippen LogP contribution is 2.22. The second kappa shape index (κ2) is 7.59. The highest BCUT2D eigenvalue weighted by Gasteiger charge is 2.34. The molecule has 28 heavy (non-hydrogen) atoms. The summed E-state index contributed by atoms with van der Waals surface area (Å²) in [5, 5.41) is 12.3. The Morgan fingerprint density at radius 2 is 1.61 bits per heavy atom. The summed E-state index contributed by atoms with van der Waals surface area (Å²) < 4.78 is 5.73. The molecule has 0 spiro atoms. The van der Waals surface area contributed by atoms with Gasteiger partial charge in [-0.25, -0.2) is 0 Å². The van der Waals surface area contributed by atoms with Gasteiger partial charge in [0, 0.05) is 13.0 Å². The number of fused-ring (bicyclic) bond motifs is 1. The molecule has 0 atom stereocenters. The van der Waals surface area contributed by atoms with Crippen LogP contribution in [0.4, 0.5) is 0 Å². The first kappa shape index (κ1) is 17.8. The molecule has 142 valence electrons. The fraction of sp³-hybridized carbons (Fsp3) is 0.250. The molecule has 2 amide bonds. The number of aromatic nitrogens is 4. The molecule has 1 aliphatic rings. The third-order valence-electron chi connectivity index (χ3n) is 4.57.